The number of rotatable bonds is 3. The molecule has 1 aliphatic rings. The number of benzene rings is 1. The minimum Gasteiger partial charge on any atom is -0.346 e. The van der Waals surface area contributed by atoms with Gasteiger partial charge in [0.2, 0.25) is 0 Å². The Hall–Kier alpha value is -1.28. The summed E-state index contributed by atoms with van der Waals surface area (Å²) in [5.41, 5.74) is 4.62. The van der Waals surface area contributed by atoms with Crippen LogP contribution in [0.25, 0.3) is 10.9 Å². The molecule has 1 aromatic carbocycles. The van der Waals surface area contributed by atoms with Crippen LogP contribution >= 0.6 is 0 Å². The predicted molar refractivity (Wildman–Crippen MR) is 90.5 cm³/mol. The SMILES string of the molecule is Cc1c(CNC2CCCCC2(C)C)n(C)c2ccccc12. The van der Waals surface area contributed by atoms with Crippen molar-refractivity contribution < 1.29 is 0 Å². The number of para-hydroxylation sites is 1. The van der Waals surface area contributed by atoms with E-state index in [1.807, 2.05) is 0 Å². The molecule has 0 bridgehead atoms. The van der Waals surface area contributed by atoms with E-state index >= 15 is 0 Å². The van der Waals surface area contributed by atoms with Crippen LogP contribution in [0.5, 0.6) is 0 Å². The molecule has 1 atom stereocenters. The van der Waals surface area contributed by atoms with E-state index in [0.717, 1.165) is 6.54 Å². The first-order valence-electron chi connectivity index (χ1n) is 8.27. The number of nitrogens with one attached hydrogen (secondary N) is 1. The molecule has 1 unspecified atom stereocenters. The molecule has 114 valence electrons. The van der Waals surface area contributed by atoms with Gasteiger partial charge in [0.25, 0.3) is 0 Å². The van der Waals surface area contributed by atoms with Crippen molar-refractivity contribution in [3.05, 3.63) is 35.5 Å². The molecule has 1 N–H and O–H groups in total. The molecule has 0 aliphatic heterocycles. The first-order valence-corrected chi connectivity index (χ1v) is 8.27. The fourth-order valence-electron chi connectivity index (χ4n) is 3.98. The van der Waals surface area contributed by atoms with Crippen molar-refractivity contribution in [1.82, 2.24) is 9.88 Å². The molecule has 1 saturated carbocycles. The van der Waals surface area contributed by atoms with Gasteiger partial charge in [-0.15, -0.1) is 0 Å². The van der Waals surface area contributed by atoms with Crippen LogP contribution in [0, 0.1) is 12.3 Å². The molecule has 1 fully saturated rings. The molecular formula is C19H28N2. The van der Waals surface area contributed by atoms with Gasteiger partial charge in [-0.25, -0.2) is 0 Å². The summed E-state index contributed by atoms with van der Waals surface area (Å²) >= 11 is 0. The third kappa shape index (κ3) is 2.62. The van der Waals surface area contributed by atoms with Crippen LogP contribution in [0.4, 0.5) is 0 Å². The lowest BCUT2D eigenvalue weighted by atomic mass is 9.73. The summed E-state index contributed by atoms with van der Waals surface area (Å²) < 4.78 is 2.35. The van der Waals surface area contributed by atoms with Crippen molar-refractivity contribution in [3.63, 3.8) is 0 Å². The monoisotopic (exact) mass is 284 g/mol. The number of hydrogen-bond donors (Lipinski definition) is 1. The van der Waals surface area contributed by atoms with Crippen molar-refractivity contribution in [2.75, 3.05) is 0 Å². The lowest BCUT2D eigenvalue weighted by Crippen LogP contribution is -2.44. The van der Waals surface area contributed by atoms with Crippen LogP contribution in [0.3, 0.4) is 0 Å². The molecule has 3 rings (SSSR count). The Bertz CT molecular complexity index is 597. The van der Waals surface area contributed by atoms with Crippen molar-refractivity contribution in [3.8, 4) is 0 Å². The number of hydrogen-bond acceptors (Lipinski definition) is 1. The van der Waals surface area contributed by atoms with Crippen LogP contribution in [-0.4, -0.2) is 10.6 Å². The largest absolute Gasteiger partial charge is 0.346 e. The Morgan fingerprint density at radius 2 is 2.00 bits per heavy atom. The zero-order chi connectivity index (χ0) is 15.0. The maximum atomic E-state index is 3.85. The Labute approximate surface area is 128 Å². The predicted octanol–water partition coefficient (Wildman–Crippen LogP) is 4.55. The van der Waals surface area contributed by atoms with Crippen molar-refractivity contribution in [1.29, 1.82) is 0 Å². The number of fused-ring (bicyclic) bond motifs is 1. The Morgan fingerprint density at radius 3 is 2.71 bits per heavy atom. The summed E-state index contributed by atoms with van der Waals surface area (Å²) in [5.74, 6) is 0. The average molecular weight is 284 g/mol. The fraction of sp³-hybridized carbons (Fsp3) is 0.579. The average Bonchev–Trinajstić information content (AvgIpc) is 2.71. The van der Waals surface area contributed by atoms with Crippen molar-refractivity contribution in [2.45, 2.75) is 59.0 Å². The van der Waals surface area contributed by atoms with Gasteiger partial charge in [-0.1, -0.05) is 44.9 Å². The summed E-state index contributed by atoms with van der Waals surface area (Å²) in [6.07, 6.45) is 5.42. The highest BCUT2D eigenvalue weighted by Gasteiger charge is 2.31. The van der Waals surface area contributed by atoms with Gasteiger partial charge < -0.3 is 9.88 Å². The topological polar surface area (TPSA) is 17.0 Å². The van der Waals surface area contributed by atoms with Gasteiger partial charge >= 0.3 is 0 Å². The fourth-order valence-corrected chi connectivity index (χ4v) is 3.98. The van der Waals surface area contributed by atoms with E-state index in [9.17, 15) is 0 Å². The molecule has 1 aliphatic carbocycles. The Kier molecular flexibility index (Phi) is 3.83. The molecule has 1 heterocycles. The molecule has 2 nitrogen and oxygen atoms in total. The van der Waals surface area contributed by atoms with E-state index in [1.165, 1.54) is 47.8 Å². The highest BCUT2D eigenvalue weighted by molar-refractivity contribution is 5.85. The highest BCUT2D eigenvalue weighted by atomic mass is 15.0. The summed E-state index contributed by atoms with van der Waals surface area (Å²) in [5, 5.41) is 5.24. The zero-order valence-corrected chi connectivity index (χ0v) is 13.9. The second kappa shape index (κ2) is 5.49. The number of aryl methyl sites for hydroxylation is 2. The van der Waals surface area contributed by atoms with Gasteiger partial charge in [0.05, 0.1) is 0 Å². The van der Waals surface area contributed by atoms with Gasteiger partial charge in [-0.05, 0) is 36.8 Å². The first-order chi connectivity index (χ1) is 10.0. The lowest BCUT2D eigenvalue weighted by Gasteiger charge is -2.39. The van der Waals surface area contributed by atoms with Crippen LogP contribution in [0.1, 0.15) is 50.8 Å². The van der Waals surface area contributed by atoms with E-state index in [-0.39, 0.29) is 0 Å². The van der Waals surface area contributed by atoms with E-state index in [2.05, 4.69) is 62.0 Å². The van der Waals surface area contributed by atoms with Crippen LogP contribution in [-0.2, 0) is 13.6 Å². The van der Waals surface area contributed by atoms with Gasteiger partial charge in [0, 0.05) is 36.2 Å². The highest BCUT2D eigenvalue weighted by Crippen LogP contribution is 2.35. The third-order valence-corrected chi connectivity index (χ3v) is 5.53. The smallest absolute Gasteiger partial charge is 0.0483 e. The second-order valence-corrected chi connectivity index (χ2v) is 7.32. The van der Waals surface area contributed by atoms with Gasteiger partial charge in [0.15, 0.2) is 0 Å². The molecule has 0 radical (unpaired) electrons. The quantitative estimate of drug-likeness (QED) is 0.875. The van der Waals surface area contributed by atoms with Gasteiger partial charge in [0.1, 0.15) is 0 Å². The van der Waals surface area contributed by atoms with Crippen LogP contribution < -0.4 is 5.32 Å². The number of nitrogens with zero attached hydrogens (tertiary/aromatic N) is 1. The lowest BCUT2D eigenvalue weighted by molar-refractivity contribution is 0.166. The minimum absolute atomic E-state index is 0.427. The molecule has 0 amide bonds. The summed E-state index contributed by atoms with van der Waals surface area (Å²) in [6.45, 7) is 8.06. The van der Waals surface area contributed by atoms with Crippen molar-refractivity contribution >= 4 is 10.9 Å². The van der Waals surface area contributed by atoms with E-state index in [1.54, 1.807) is 0 Å². The van der Waals surface area contributed by atoms with Gasteiger partial charge in [-0.2, -0.15) is 0 Å². The molecule has 21 heavy (non-hydrogen) atoms. The zero-order valence-electron chi connectivity index (χ0n) is 13.9. The van der Waals surface area contributed by atoms with Gasteiger partial charge in [-0.3, -0.25) is 0 Å². The van der Waals surface area contributed by atoms with Crippen LogP contribution in [0.15, 0.2) is 24.3 Å². The van der Waals surface area contributed by atoms with Crippen molar-refractivity contribution in [2.24, 2.45) is 12.5 Å². The standard InChI is InChI=1S/C19H28N2/c1-14-15-9-5-6-10-16(15)21(4)17(14)13-20-18-11-7-8-12-19(18,2)3/h5-6,9-10,18,20H,7-8,11-13H2,1-4H3. The summed E-state index contributed by atoms with van der Waals surface area (Å²) in [7, 11) is 2.19. The molecular weight excluding hydrogens is 256 g/mol. The summed E-state index contributed by atoms with van der Waals surface area (Å²) in [6, 6.07) is 9.36. The second-order valence-electron chi connectivity index (χ2n) is 7.32. The summed E-state index contributed by atoms with van der Waals surface area (Å²) in [4.78, 5) is 0. The Morgan fingerprint density at radius 1 is 1.24 bits per heavy atom. The van der Waals surface area contributed by atoms with Crippen LogP contribution in [0.2, 0.25) is 0 Å². The molecule has 2 heteroatoms. The maximum absolute atomic E-state index is 3.85. The first kappa shape index (κ1) is 14.6. The Balaban J connectivity index is 1.82. The maximum Gasteiger partial charge on any atom is 0.0483 e. The van der Waals surface area contributed by atoms with E-state index in [0.29, 0.717) is 11.5 Å². The molecule has 1 aromatic heterocycles. The normalized spacial score (nSPS) is 21.8. The molecule has 2 aromatic rings. The minimum atomic E-state index is 0.427. The number of aromatic nitrogens is 1. The van der Waals surface area contributed by atoms with E-state index < -0.39 is 0 Å². The molecule has 0 spiro atoms. The van der Waals surface area contributed by atoms with E-state index in [4.69, 9.17) is 0 Å². The third-order valence-electron chi connectivity index (χ3n) is 5.53. The molecule has 0 saturated heterocycles.